The number of benzene rings is 2. The fourth-order valence-electron chi connectivity index (χ4n) is 3.98. The van der Waals surface area contributed by atoms with Crippen LogP contribution in [0.25, 0.3) is 0 Å². The largest absolute Gasteiger partial charge is 0.506 e. The average Bonchev–Trinajstić information content (AvgIpc) is 3.10. The molecule has 2 aliphatic heterocycles. The van der Waals surface area contributed by atoms with E-state index >= 15 is 0 Å². The number of phenolic OH excluding ortho intramolecular Hbond substituents is 1. The Morgan fingerprint density at radius 3 is 2.30 bits per heavy atom. The number of aromatic hydroxyl groups is 1. The number of hydrogen-bond acceptors (Lipinski definition) is 5. The van der Waals surface area contributed by atoms with Gasteiger partial charge in [0.1, 0.15) is 11.9 Å². The first-order chi connectivity index (χ1) is 13.7. The highest BCUT2D eigenvalue weighted by Crippen LogP contribution is 2.27. The van der Waals surface area contributed by atoms with Gasteiger partial charge >= 0.3 is 6.09 Å². The summed E-state index contributed by atoms with van der Waals surface area (Å²) >= 11 is 0. The molecule has 30 heavy (non-hydrogen) atoms. The van der Waals surface area contributed by atoms with Crippen molar-refractivity contribution in [3.05, 3.63) is 54.6 Å². The number of para-hydroxylation sites is 3. The molecule has 1 unspecified atom stereocenters. The van der Waals surface area contributed by atoms with Gasteiger partial charge in [0.15, 0.2) is 0 Å². The molecule has 4 rings (SSSR count). The molecule has 1 amide bonds. The Kier molecular flexibility index (Phi) is 9.08. The van der Waals surface area contributed by atoms with E-state index in [1.807, 2.05) is 48.5 Å². The van der Waals surface area contributed by atoms with E-state index in [4.69, 9.17) is 4.74 Å². The zero-order valence-corrected chi connectivity index (χ0v) is 18.5. The van der Waals surface area contributed by atoms with Crippen molar-refractivity contribution in [1.82, 2.24) is 4.90 Å². The minimum absolute atomic E-state index is 0. The van der Waals surface area contributed by atoms with E-state index in [0.29, 0.717) is 12.3 Å². The number of cyclic esters (lactones) is 1. The summed E-state index contributed by atoms with van der Waals surface area (Å²) < 4.78 is 5.54. The van der Waals surface area contributed by atoms with E-state index in [0.717, 1.165) is 56.9 Å². The van der Waals surface area contributed by atoms with Crippen LogP contribution in [0.3, 0.4) is 0 Å². The topological polar surface area (TPSA) is 56.3 Å². The van der Waals surface area contributed by atoms with Crippen LogP contribution in [0, 0.1) is 0 Å². The Labute approximate surface area is 190 Å². The van der Waals surface area contributed by atoms with Gasteiger partial charge in [-0.25, -0.2) is 4.79 Å². The number of piperazine rings is 1. The minimum Gasteiger partial charge on any atom is -0.506 e. The molecule has 2 fully saturated rings. The van der Waals surface area contributed by atoms with E-state index in [2.05, 4.69) is 9.80 Å². The van der Waals surface area contributed by atoms with Crippen LogP contribution < -0.4 is 9.80 Å². The third-order valence-corrected chi connectivity index (χ3v) is 5.54. The van der Waals surface area contributed by atoms with Crippen molar-refractivity contribution >= 4 is 42.3 Å². The Balaban J connectivity index is 0.00000160. The third kappa shape index (κ3) is 5.72. The monoisotopic (exact) mass is 453 g/mol. The van der Waals surface area contributed by atoms with Gasteiger partial charge < -0.3 is 14.7 Å². The number of carbonyl (C=O) groups excluding carboxylic acids is 1. The van der Waals surface area contributed by atoms with E-state index in [9.17, 15) is 9.90 Å². The molecule has 2 heterocycles. The normalized spacial score (nSPS) is 19.1. The summed E-state index contributed by atoms with van der Waals surface area (Å²) in [5, 5.41) is 10.0. The average molecular weight is 454 g/mol. The van der Waals surface area contributed by atoms with Gasteiger partial charge in [0, 0.05) is 31.9 Å². The smallest absolute Gasteiger partial charge is 0.414 e. The maximum absolute atomic E-state index is 12.1. The maximum atomic E-state index is 12.1. The maximum Gasteiger partial charge on any atom is 0.414 e. The number of ether oxygens (including phenoxy) is 1. The molecule has 6 nitrogen and oxygen atoms in total. The molecule has 1 N–H and O–H groups in total. The lowest BCUT2D eigenvalue weighted by Gasteiger charge is -2.36. The zero-order valence-electron chi connectivity index (χ0n) is 16.9. The van der Waals surface area contributed by atoms with Crippen LogP contribution in [0.5, 0.6) is 5.75 Å². The van der Waals surface area contributed by atoms with Crippen LogP contribution >= 0.6 is 24.8 Å². The number of hydrogen-bond donors (Lipinski definition) is 1. The summed E-state index contributed by atoms with van der Waals surface area (Å²) in [4.78, 5) is 18.5. The fourth-order valence-corrected chi connectivity index (χ4v) is 3.98. The first-order valence-electron chi connectivity index (χ1n) is 9.99. The van der Waals surface area contributed by atoms with Crippen LogP contribution in [0.15, 0.2) is 54.6 Å². The number of anilines is 2. The van der Waals surface area contributed by atoms with Crippen molar-refractivity contribution in [2.24, 2.45) is 0 Å². The Morgan fingerprint density at radius 1 is 0.933 bits per heavy atom. The second-order valence-corrected chi connectivity index (χ2v) is 7.41. The first kappa shape index (κ1) is 24.1. The molecule has 8 heteroatoms. The number of phenols is 1. The highest BCUT2D eigenvalue weighted by atomic mass is 35.5. The van der Waals surface area contributed by atoms with Crippen LogP contribution in [0.4, 0.5) is 16.2 Å². The van der Waals surface area contributed by atoms with Crippen molar-refractivity contribution < 1.29 is 14.6 Å². The number of halogens is 2. The summed E-state index contributed by atoms with van der Waals surface area (Å²) in [7, 11) is 0. The first-order valence-corrected chi connectivity index (χ1v) is 9.99. The minimum atomic E-state index is -0.243. The SMILES string of the molecule is Cl.Cl.O=C1OC(CCCN2CCN(c3ccccc3O)CC2)CN1c1ccccc1. The number of nitrogens with zero attached hydrogens (tertiary/aromatic N) is 3. The van der Waals surface area contributed by atoms with E-state index in [1.54, 1.807) is 11.0 Å². The summed E-state index contributed by atoms with van der Waals surface area (Å²) in [5.74, 6) is 0.349. The second kappa shape index (κ2) is 11.3. The van der Waals surface area contributed by atoms with Crippen LogP contribution in [-0.4, -0.2) is 61.5 Å². The molecule has 2 aliphatic rings. The van der Waals surface area contributed by atoms with E-state index in [1.165, 1.54) is 0 Å². The number of amides is 1. The molecule has 1 atom stereocenters. The molecular formula is C22H29Cl2N3O3. The molecular weight excluding hydrogens is 425 g/mol. The molecule has 2 saturated heterocycles. The Hall–Kier alpha value is -2.15. The summed E-state index contributed by atoms with van der Waals surface area (Å²) in [6.07, 6.45) is 1.62. The van der Waals surface area contributed by atoms with E-state index < -0.39 is 0 Å². The summed E-state index contributed by atoms with van der Waals surface area (Å²) in [6.45, 7) is 5.43. The lowest BCUT2D eigenvalue weighted by molar-refractivity contribution is 0.131. The number of rotatable bonds is 6. The molecule has 164 valence electrons. The highest BCUT2D eigenvalue weighted by molar-refractivity contribution is 5.89. The number of carbonyl (C=O) groups is 1. The highest BCUT2D eigenvalue weighted by Gasteiger charge is 2.32. The second-order valence-electron chi connectivity index (χ2n) is 7.41. The zero-order chi connectivity index (χ0) is 19.3. The predicted molar refractivity (Wildman–Crippen MR) is 125 cm³/mol. The van der Waals surface area contributed by atoms with Gasteiger partial charge in [-0.3, -0.25) is 9.80 Å². The molecule has 2 aromatic rings. The molecule has 0 aliphatic carbocycles. The lowest BCUT2D eigenvalue weighted by atomic mass is 10.1. The molecule has 0 radical (unpaired) electrons. The van der Waals surface area contributed by atoms with Crippen LogP contribution in [-0.2, 0) is 4.74 Å². The standard InChI is InChI=1S/C22H27N3O3.2ClH/c26-21-11-5-4-10-20(21)24-15-13-23(14-16-24)12-6-9-19-17-25(22(27)28-19)18-7-2-1-3-8-18;;/h1-5,7-8,10-11,19,26H,6,9,12-17H2;2*1H. The Morgan fingerprint density at radius 2 is 1.60 bits per heavy atom. The predicted octanol–water partition coefficient (Wildman–Crippen LogP) is 4.16. The van der Waals surface area contributed by atoms with Crippen LogP contribution in [0.1, 0.15) is 12.8 Å². The molecule has 0 aromatic heterocycles. The summed E-state index contributed by atoms with van der Waals surface area (Å²) in [5.41, 5.74) is 1.82. The van der Waals surface area contributed by atoms with Crippen molar-refractivity contribution in [1.29, 1.82) is 0 Å². The van der Waals surface area contributed by atoms with Crippen molar-refractivity contribution in [3.8, 4) is 5.75 Å². The van der Waals surface area contributed by atoms with Crippen molar-refractivity contribution in [2.45, 2.75) is 18.9 Å². The summed E-state index contributed by atoms with van der Waals surface area (Å²) in [6, 6.07) is 17.2. The van der Waals surface area contributed by atoms with Crippen LogP contribution in [0.2, 0.25) is 0 Å². The Bertz CT molecular complexity index is 801. The van der Waals surface area contributed by atoms with Gasteiger partial charge in [-0.1, -0.05) is 30.3 Å². The third-order valence-electron chi connectivity index (χ3n) is 5.54. The molecule has 0 spiro atoms. The lowest BCUT2D eigenvalue weighted by Crippen LogP contribution is -2.46. The van der Waals surface area contributed by atoms with Gasteiger partial charge in [-0.15, -0.1) is 24.8 Å². The van der Waals surface area contributed by atoms with Gasteiger partial charge in [-0.2, -0.15) is 0 Å². The van der Waals surface area contributed by atoms with Gasteiger partial charge in [-0.05, 0) is 43.7 Å². The molecule has 2 aromatic carbocycles. The molecule has 0 saturated carbocycles. The van der Waals surface area contributed by atoms with Crippen molar-refractivity contribution in [2.75, 3.05) is 49.1 Å². The van der Waals surface area contributed by atoms with Gasteiger partial charge in [0.2, 0.25) is 0 Å². The fraction of sp³-hybridized carbons (Fsp3) is 0.409. The van der Waals surface area contributed by atoms with E-state index in [-0.39, 0.29) is 37.0 Å². The molecule has 0 bridgehead atoms. The van der Waals surface area contributed by atoms with Gasteiger partial charge in [0.25, 0.3) is 0 Å². The van der Waals surface area contributed by atoms with Crippen molar-refractivity contribution in [3.63, 3.8) is 0 Å². The quantitative estimate of drug-likeness (QED) is 0.711. The van der Waals surface area contributed by atoms with Gasteiger partial charge in [0.05, 0.1) is 12.2 Å².